The third-order valence-electron chi connectivity index (χ3n) is 2.68. The first kappa shape index (κ1) is 14.5. The Morgan fingerprint density at radius 1 is 1.50 bits per heavy atom. The lowest BCUT2D eigenvalue weighted by Crippen LogP contribution is -2.38. The Hall–Kier alpha value is -1.55. The van der Waals surface area contributed by atoms with E-state index in [0.717, 1.165) is 5.56 Å². The molecule has 0 bridgehead atoms. The summed E-state index contributed by atoms with van der Waals surface area (Å²) < 4.78 is 5.60. The molecule has 1 unspecified atom stereocenters. The molecule has 1 aromatic rings. The topological polar surface area (TPSA) is 49.8 Å². The third kappa shape index (κ3) is 4.37. The van der Waals surface area contributed by atoms with E-state index in [0.29, 0.717) is 18.7 Å². The molecule has 0 saturated heterocycles. The van der Waals surface area contributed by atoms with Gasteiger partial charge in [0.05, 0.1) is 0 Å². The Balaban J connectivity index is 2.54. The number of aliphatic hydroxyl groups excluding tert-OH is 1. The van der Waals surface area contributed by atoms with Crippen molar-refractivity contribution in [3.63, 3.8) is 0 Å². The molecule has 0 spiro atoms. The maximum atomic E-state index is 12.0. The quantitative estimate of drug-likeness (QED) is 0.835. The number of rotatable bonds is 6. The number of aliphatic hydroxyl groups is 1. The van der Waals surface area contributed by atoms with Crippen molar-refractivity contribution >= 4 is 5.91 Å². The fourth-order valence-electron chi connectivity index (χ4n) is 1.67. The van der Waals surface area contributed by atoms with Crippen molar-refractivity contribution in [1.82, 2.24) is 4.90 Å². The number of carbonyl (C=O) groups excluding carboxylic acids is 1. The number of likely N-dealkylation sites (N-methyl/N-ethyl adjacent to an activating group) is 1. The molecule has 4 nitrogen and oxygen atoms in total. The van der Waals surface area contributed by atoms with Gasteiger partial charge >= 0.3 is 0 Å². The molecule has 1 aromatic carbocycles. The minimum Gasteiger partial charge on any atom is -0.481 e. The zero-order valence-electron chi connectivity index (χ0n) is 11.2. The lowest BCUT2D eigenvalue weighted by atomic mass is 10.2. The summed E-state index contributed by atoms with van der Waals surface area (Å²) in [6, 6.07) is 7.62. The number of ether oxygens (including phenoxy) is 1. The van der Waals surface area contributed by atoms with Crippen LogP contribution in [0.2, 0.25) is 0 Å². The summed E-state index contributed by atoms with van der Waals surface area (Å²) in [5.41, 5.74) is 1.10. The van der Waals surface area contributed by atoms with Crippen molar-refractivity contribution < 1.29 is 14.6 Å². The van der Waals surface area contributed by atoms with Crippen LogP contribution in [0.1, 0.15) is 18.9 Å². The van der Waals surface area contributed by atoms with E-state index in [-0.39, 0.29) is 12.5 Å². The lowest BCUT2D eigenvalue weighted by Gasteiger charge is -2.22. The van der Waals surface area contributed by atoms with Crippen molar-refractivity contribution in [2.24, 2.45) is 0 Å². The summed E-state index contributed by atoms with van der Waals surface area (Å²) in [6.45, 7) is 4.34. The predicted octanol–water partition coefficient (Wildman–Crippen LogP) is 1.60. The molecule has 0 saturated carbocycles. The molecule has 1 N–H and O–H groups in total. The summed E-state index contributed by atoms with van der Waals surface area (Å²) in [7, 11) is 1.72. The lowest BCUT2D eigenvalue weighted by molar-refractivity contribution is -0.136. The van der Waals surface area contributed by atoms with E-state index in [2.05, 4.69) is 0 Å². The largest absolute Gasteiger partial charge is 0.481 e. The minimum absolute atomic E-state index is 0.0787. The highest BCUT2D eigenvalue weighted by atomic mass is 16.5. The fraction of sp³-hybridized carbons (Fsp3) is 0.500. The van der Waals surface area contributed by atoms with E-state index < -0.39 is 6.10 Å². The Kier molecular flexibility index (Phi) is 5.65. The SMILES string of the molecule is Cc1cccc(OC(C)C(=O)N(C)CCCO)c1. The first-order valence-electron chi connectivity index (χ1n) is 6.13. The van der Waals surface area contributed by atoms with E-state index >= 15 is 0 Å². The van der Waals surface area contributed by atoms with Gasteiger partial charge in [0.1, 0.15) is 5.75 Å². The summed E-state index contributed by atoms with van der Waals surface area (Å²) in [6.07, 6.45) is 0.0647. The number of nitrogens with zero attached hydrogens (tertiary/aromatic N) is 1. The predicted molar refractivity (Wildman–Crippen MR) is 70.6 cm³/mol. The number of benzene rings is 1. The third-order valence-corrected chi connectivity index (χ3v) is 2.68. The van der Waals surface area contributed by atoms with Gasteiger partial charge in [0.15, 0.2) is 6.10 Å². The van der Waals surface area contributed by atoms with Gasteiger partial charge in [0.25, 0.3) is 5.91 Å². The van der Waals surface area contributed by atoms with Crippen molar-refractivity contribution in [3.05, 3.63) is 29.8 Å². The van der Waals surface area contributed by atoms with Crippen molar-refractivity contribution in [3.8, 4) is 5.75 Å². The number of hydrogen-bond donors (Lipinski definition) is 1. The summed E-state index contributed by atoms with van der Waals surface area (Å²) >= 11 is 0. The number of aryl methyl sites for hydroxylation is 1. The van der Waals surface area contributed by atoms with Gasteiger partial charge in [-0.3, -0.25) is 4.79 Å². The zero-order valence-corrected chi connectivity index (χ0v) is 11.2. The molecule has 0 aliphatic carbocycles. The molecular formula is C14H21NO3. The standard InChI is InChI=1S/C14H21NO3/c1-11-6-4-7-13(10-11)18-12(2)14(17)15(3)8-5-9-16/h4,6-7,10,12,16H,5,8-9H2,1-3H3. The van der Waals surface area contributed by atoms with Crippen LogP contribution in [0.5, 0.6) is 5.75 Å². The van der Waals surface area contributed by atoms with Crippen LogP contribution in [-0.2, 0) is 4.79 Å². The monoisotopic (exact) mass is 251 g/mol. The average Bonchev–Trinajstić information content (AvgIpc) is 2.35. The molecular weight excluding hydrogens is 230 g/mol. The molecule has 0 fully saturated rings. The molecule has 4 heteroatoms. The minimum atomic E-state index is -0.518. The molecule has 0 aliphatic rings. The Morgan fingerprint density at radius 3 is 2.83 bits per heavy atom. The molecule has 1 amide bonds. The number of carbonyl (C=O) groups is 1. The van der Waals surface area contributed by atoms with Gasteiger partial charge in [0, 0.05) is 20.2 Å². The van der Waals surface area contributed by atoms with Crippen LogP contribution in [0.3, 0.4) is 0 Å². The van der Waals surface area contributed by atoms with Crippen molar-refractivity contribution in [2.75, 3.05) is 20.2 Å². The molecule has 100 valence electrons. The zero-order chi connectivity index (χ0) is 13.5. The maximum Gasteiger partial charge on any atom is 0.263 e. The second-order valence-electron chi connectivity index (χ2n) is 4.41. The van der Waals surface area contributed by atoms with Crippen LogP contribution in [0.15, 0.2) is 24.3 Å². The van der Waals surface area contributed by atoms with E-state index in [1.54, 1.807) is 18.9 Å². The number of amides is 1. The smallest absolute Gasteiger partial charge is 0.263 e. The van der Waals surface area contributed by atoms with Crippen molar-refractivity contribution in [2.45, 2.75) is 26.4 Å². The van der Waals surface area contributed by atoms with Crippen molar-refractivity contribution in [1.29, 1.82) is 0 Å². The first-order chi connectivity index (χ1) is 8.54. The van der Waals surface area contributed by atoms with Gasteiger partial charge < -0.3 is 14.7 Å². The van der Waals surface area contributed by atoms with E-state index in [1.807, 2.05) is 31.2 Å². The van der Waals surface area contributed by atoms with Crippen LogP contribution >= 0.6 is 0 Å². The number of hydrogen-bond acceptors (Lipinski definition) is 3. The van der Waals surface area contributed by atoms with E-state index in [4.69, 9.17) is 9.84 Å². The molecule has 0 radical (unpaired) electrons. The van der Waals surface area contributed by atoms with Gasteiger partial charge in [-0.05, 0) is 38.0 Å². The Morgan fingerprint density at radius 2 is 2.22 bits per heavy atom. The molecule has 0 heterocycles. The highest BCUT2D eigenvalue weighted by molar-refractivity contribution is 5.80. The highest BCUT2D eigenvalue weighted by Gasteiger charge is 2.18. The van der Waals surface area contributed by atoms with Crippen LogP contribution in [-0.4, -0.2) is 42.2 Å². The molecule has 0 aliphatic heterocycles. The second-order valence-corrected chi connectivity index (χ2v) is 4.41. The van der Waals surface area contributed by atoms with Gasteiger partial charge in [-0.15, -0.1) is 0 Å². The van der Waals surface area contributed by atoms with E-state index in [9.17, 15) is 4.79 Å². The maximum absolute atomic E-state index is 12.0. The normalized spacial score (nSPS) is 12.0. The summed E-state index contributed by atoms with van der Waals surface area (Å²) in [5, 5.41) is 8.73. The van der Waals surface area contributed by atoms with Gasteiger partial charge in [-0.25, -0.2) is 0 Å². The van der Waals surface area contributed by atoms with Gasteiger partial charge in [0.2, 0.25) is 0 Å². The van der Waals surface area contributed by atoms with Gasteiger partial charge in [-0.1, -0.05) is 12.1 Å². The van der Waals surface area contributed by atoms with E-state index in [1.165, 1.54) is 0 Å². The second kappa shape index (κ2) is 7.01. The Labute approximate surface area is 108 Å². The van der Waals surface area contributed by atoms with Crippen LogP contribution < -0.4 is 4.74 Å². The first-order valence-corrected chi connectivity index (χ1v) is 6.13. The molecule has 1 atom stereocenters. The Bertz CT molecular complexity index is 392. The summed E-state index contributed by atoms with van der Waals surface area (Å²) in [4.78, 5) is 13.5. The van der Waals surface area contributed by atoms with Gasteiger partial charge in [-0.2, -0.15) is 0 Å². The van der Waals surface area contributed by atoms with Crippen LogP contribution in [0.25, 0.3) is 0 Å². The van der Waals surface area contributed by atoms with Crippen LogP contribution in [0, 0.1) is 6.92 Å². The van der Waals surface area contributed by atoms with Crippen LogP contribution in [0.4, 0.5) is 0 Å². The average molecular weight is 251 g/mol. The highest BCUT2D eigenvalue weighted by Crippen LogP contribution is 2.14. The molecule has 0 aromatic heterocycles. The fourth-order valence-corrected chi connectivity index (χ4v) is 1.67. The molecule has 18 heavy (non-hydrogen) atoms. The summed E-state index contributed by atoms with van der Waals surface area (Å²) in [5.74, 6) is 0.622. The molecule has 1 rings (SSSR count).